The van der Waals surface area contributed by atoms with Crippen LogP contribution in [0.15, 0.2) is 46.9 Å². The molecule has 1 heterocycles. The lowest BCUT2D eigenvalue weighted by molar-refractivity contribution is -1.02. The van der Waals surface area contributed by atoms with E-state index in [4.69, 9.17) is 4.74 Å². The van der Waals surface area contributed by atoms with Gasteiger partial charge >= 0.3 is 0 Å². The lowest BCUT2D eigenvalue weighted by Crippen LogP contribution is -3.27. The minimum atomic E-state index is 0.367. The number of phenols is 1. The fraction of sp³-hybridized carbons (Fsp3) is 0.368. The lowest BCUT2D eigenvalue weighted by atomic mass is 10.1. The number of ether oxygens (including phenoxy) is 1. The van der Waals surface area contributed by atoms with Crippen molar-refractivity contribution < 1.29 is 19.6 Å². The molecule has 0 unspecified atom stereocenters. The predicted molar refractivity (Wildman–Crippen MR) is 97.6 cm³/mol. The average Bonchev–Trinajstić information content (AvgIpc) is 2.60. The third-order valence-electron chi connectivity index (χ3n) is 4.79. The fourth-order valence-corrected chi connectivity index (χ4v) is 3.75. The molecule has 128 valence electrons. The molecule has 24 heavy (non-hydrogen) atoms. The molecule has 0 atom stereocenters. The second-order valence-electron chi connectivity index (χ2n) is 6.44. The van der Waals surface area contributed by atoms with E-state index in [1.54, 1.807) is 24.1 Å². The summed E-state index contributed by atoms with van der Waals surface area (Å²) in [6.07, 6.45) is 0. The predicted octanol–water partition coefficient (Wildman–Crippen LogP) is 0.647. The number of rotatable bonds is 5. The Kier molecular flexibility index (Phi) is 5.76. The molecule has 3 rings (SSSR count). The van der Waals surface area contributed by atoms with E-state index in [1.807, 2.05) is 6.07 Å². The molecule has 0 aliphatic carbocycles. The topological polar surface area (TPSA) is 38.3 Å². The molecule has 1 aliphatic rings. The van der Waals surface area contributed by atoms with Gasteiger partial charge in [0.05, 0.1) is 12.7 Å². The van der Waals surface area contributed by atoms with Crippen molar-refractivity contribution in [2.45, 2.75) is 13.1 Å². The lowest BCUT2D eigenvalue weighted by Gasteiger charge is -2.30. The summed E-state index contributed by atoms with van der Waals surface area (Å²) in [5.41, 5.74) is 2.35. The molecule has 0 spiro atoms. The van der Waals surface area contributed by atoms with Crippen molar-refractivity contribution in [2.24, 2.45) is 0 Å². The van der Waals surface area contributed by atoms with Crippen LogP contribution in [0.5, 0.6) is 11.5 Å². The van der Waals surface area contributed by atoms with Gasteiger partial charge in [-0.15, -0.1) is 0 Å². The molecule has 4 nitrogen and oxygen atoms in total. The minimum absolute atomic E-state index is 0.367. The Balaban J connectivity index is 1.55. The normalized spacial score (nSPS) is 20.8. The maximum atomic E-state index is 10.1. The monoisotopic (exact) mass is 392 g/mol. The van der Waals surface area contributed by atoms with Crippen molar-refractivity contribution in [1.82, 2.24) is 0 Å². The Bertz CT molecular complexity index is 685. The Labute approximate surface area is 151 Å². The molecule has 0 saturated carbocycles. The van der Waals surface area contributed by atoms with Gasteiger partial charge in [0.2, 0.25) is 0 Å². The van der Waals surface area contributed by atoms with Crippen LogP contribution in [-0.2, 0) is 13.1 Å². The van der Waals surface area contributed by atoms with Crippen molar-refractivity contribution >= 4 is 15.9 Å². The number of phenolic OH excluding ortho intramolecular Hbond substituents is 1. The molecule has 2 aromatic carbocycles. The Morgan fingerprint density at radius 3 is 2.21 bits per heavy atom. The van der Waals surface area contributed by atoms with E-state index in [9.17, 15) is 5.11 Å². The molecule has 0 aromatic heterocycles. The second-order valence-corrected chi connectivity index (χ2v) is 7.29. The van der Waals surface area contributed by atoms with Gasteiger partial charge in [-0.05, 0) is 24.3 Å². The average molecular weight is 393 g/mol. The number of hydrogen-bond acceptors (Lipinski definition) is 2. The standard InChI is InChI=1S/C19H23BrN2O2/c1-24-17-6-7-19(23)16(12-17)14-22-10-8-21(9-11-22)13-15-4-2-3-5-18(15)20/h2-7,12,23H,8-11,13-14H2,1H3/p+2. The van der Waals surface area contributed by atoms with Gasteiger partial charge in [-0.25, -0.2) is 0 Å². The molecular weight excluding hydrogens is 368 g/mol. The maximum absolute atomic E-state index is 10.1. The van der Waals surface area contributed by atoms with Crippen molar-refractivity contribution in [3.8, 4) is 11.5 Å². The number of piperazine rings is 1. The smallest absolute Gasteiger partial charge is 0.127 e. The summed E-state index contributed by atoms with van der Waals surface area (Å²) in [4.78, 5) is 3.15. The van der Waals surface area contributed by atoms with E-state index in [2.05, 4.69) is 40.2 Å². The molecule has 5 heteroatoms. The van der Waals surface area contributed by atoms with Crippen LogP contribution in [0, 0.1) is 0 Å². The van der Waals surface area contributed by atoms with E-state index in [0.717, 1.165) is 50.6 Å². The summed E-state index contributed by atoms with van der Waals surface area (Å²) in [5.74, 6) is 1.17. The van der Waals surface area contributed by atoms with Crippen LogP contribution in [0.4, 0.5) is 0 Å². The van der Waals surface area contributed by atoms with Crippen LogP contribution in [0.3, 0.4) is 0 Å². The zero-order chi connectivity index (χ0) is 16.9. The van der Waals surface area contributed by atoms with Crippen molar-refractivity contribution in [3.05, 3.63) is 58.1 Å². The highest BCUT2D eigenvalue weighted by molar-refractivity contribution is 9.10. The summed E-state index contributed by atoms with van der Waals surface area (Å²) < 4.78 is 6.47. The number of quaternary nitrogens is 2. The summed E-state index contributed by atoms with van der Waals surface area (Å²) >= 11 is 3.64. The number of benzene rings is 2. The van der Waals surface area contributed by atoms with Crippen molar-refractivity contribution in [2.75, 3.05) is 33.3 Å². The van der Waals surface area contributed by atoms with Gasteiger partial charge in [0.15, 0.2) is 0 Å². The first kappa shape index (κ1) is 17.3. The highest BCUT2D eigenvalue weighted by Gasteiger charge is 2.24. The van der Waals surface area contributed by atoms with Gasteiger partial charge in [-0.3, -0.25) is 0 Å². The highest BCUT2D eigenvalue weighted by atomic mass is 79.9. The molecule has 1 fully saturated rings. The Morgan fingerprint density at radius 1 is 0.958 bits per heavy atom. The molecule has 3 N–H and O–H groups in total. The van der Waals surface area contributed by atoms with Crippen LogP contribution in [0.25, 0.3) is 0 Å². The quantitative estimate of drug-likeness (QED) is 0.698. The highest BCUT2D eigenvalue weighted by Crippen LogP contribution is 2.21. The summed E-state index contributed by atoms with van der Waals surface area (Å²) in [7, 11) is 1.66. The van der Waals surface area contributed by atoms with Crippen LogP contribution in [0.1, 0.15) is 11.1 Å². The van der Waals surface area contributed by atoms with Crippen molar-refractivity contribution in [1.29, 1.82) is 0 Å². The van der Waals surface area contributed by atoms with Crippen LogP contribution in [-0.4, -0.2) is 38.4 Å². The van der Waals surface area contributed by atoms with Crippen LogP contribution < -0.4 is 14.5 Å². The first-order valence-electron chi connectivity index (χ1n) is 8.42. The summed E-state index contributed by atoms with van der Waals surface area (Å²) in [6, 6.07) is 13.9. The van der Waals surface area contributed by atoms with Gasteiger partial charge in [0.1, 0.15) is 50.8 Å². The molecular formula is C19H25BrN2O2+2. The Hall–Kier alpha value is -1.56. The van der Waals surface area contributed by atoms with Crippen LogP contribution in [0.2, 0.25) is 0 Å². The van der Waals surface area contributed by atoms with Gasteiger partial charge in [-0.1, -0.05) is 34.1 Å². The van der Waals surface area contributed by atoms with Gasteiger partial charge in [0.25, 0.3) is 0 Å². The maximum Gasteiger partial charge on any atom is 0.127 e. The molecule has 0 bridgehead atoms. The van der Waals surface area contributed by atoms with E-state index in [0.29, 0.717) is 5.75 Å². The van der Waals surface area contributed by atoms with E-state index in [-0.39, 0.29) is 0 Å². The van der Waals surface area contributed by atoms with Crippen molar-refractivity contribution in [3.63, 3.8) is 0 Å². The van der Waals surface area contributed by atoms with Crippen LogP contribution >= 0.6 is 15.9 Å². The first-order chi connectivity index (χ1) is 11.7. The zero-order valence-electron chi connectivity index (χ0n) is 14.0. The third kappa shape index (κ3) is 4.29. The number of halogens is 1. The zero-order valence-corrected chi connectivity index (χ0v) is 15.6. The molecule has 2 aromatic rings. The summed E-state index contributed by atoms with van der Waals surface area (Å²) in [5, 5.41) is 10.1. The fourth-order valence-electron chi connectivity index (χ4n) is 3.32. The SMILES string of the molecule is COc1ccc(O)c(C[NH+]2CC[NH+](Cc3ccccc3Br)CC2)c1. The number of nitrogens with one attached hydrogen (secondary N) is 2. The van der Waals surface area contributed by atoms with Gasteiger partial charge < -0.3 is 19.6 Å². The molecule has 1 saturated heterocycles. The molecule has 0 amide bonds. The summed E-state index contributed by atoms with van der Waals surface area (Å²) in [6.45, 7) is 6.47. The number of aromatic hydroxyl groups is 1. The van der Waals surface area contributed by atoms with Gasteiger partial charge in [-0.2, -0.15) is 0 Å². The molecule has 0 radical (unpaired) electrons. The third-order valence-corrected chi connectivity index (χ3v) is 5.56. The van der Waals surface area contributed by atoms with Gasteiger partial charge in [0, 0.05) is 10.0 Å². The van der Waals surface area contributed by atoms with E-state index in [1.165, 1.54) is 14.9 Å². The van der Waals surface area contributed by atoms with E-state index < -0.39 is 0 Å². The Morgan fingerprint density at radius 2 is 1.58 bits per heavy atom. The second kappa shape index (κ2) is 8.01. The first-order valence-corrected chi connectivity index (χ1v) is 9.21. The largest absolute Gasteiger partial charge is 0.507 e. The number of hydrogen-bond donors (Lipinski definition) is 3. The number of methoxy groups -OCH3 is 1. The van der Waals surface area contributed by atoms with E-state index >= 15 is 0 Å². The molecule has 1 aliphatic heterocycles. The minimum Gasteiger partial charge on any atom is -0.507 e.